The van der Waals surface area contributed by atoms with Crippen LogP contribution in [0.25, 0.3) is 0 Å². The Balaban J connectivity index is 4.02. The predicted molar refractivity (Wildman–Crippen MR) is 350 cm³/mol. The highest BCUT2D eigenvalue weighted by Crippen LogP contribution is 2.18. The minimum absolute atomic E-state index is 0.176. The largest absolute Gasteiger partial charge is 0.477 e. The van der Waals surface area contributed by atoms with Crippen LogP contribution in [0.2, 0.25) is 0 Å². The third-order valence-corrected chi connectivity index (χ3v) is 15.5. The van der Waals surface area contributed by atoms with Gasteiger partial charge in [0, 0.05) is 12.8 Å². The van der Waals surface area contributed by atoms with Crippen LogP contribution in [0.4, 0.5) is 0 Å². The molecule has 0 amide bonds. The monoisotopic (exact) mass is 1150 g/mol. The zero-order chi connectivity index (χ0) is 59.8. The van der Waals surface area contributed by atoms with Crippen molar-refractivity contribution in [2.75, 3.05) is 47.5 Å². The summed E-state index contributed by atoms with van der Waals surface area (Å²) in [6, 6.07) is 0. The molecule has 9 nitrogen and oxygen atoms in total. The van der Waals surface area contributed by atoms with Crippen LogP contribution in [0.5, 0.6) is 0 Å². The van der Waals surface area contributed by atoms with E-state index >= 15 is 0 Å². The molecule has 0 aliphatic rings. The Morgan fingerprint density at radius 3 is 1.04 bits per heavy atom. The smallest absolute Gasteiger partial charge is 0.361 e. The number of likely N-dealkylation sites (N-methyl/N-ethyl adjacent to an activating group) is 1. The van der Waals surface area contributed by atoms with Crippen molar-refractivity contribution in [1.29, 1.82) is 0 Å². The Labute approximate surface area is 507 Å². The van der Waals surface area contributed by atoms with Gasteiger partial charge in [-0.05, 0) is 57.8 Å². The number of rotatable bonds is 65. The summed E-state index contributed by atoms with van der Waals surface area (Å²) >= 11 is 0. The summed E-state index contributed by atoms with van der Waals surface area (Å²) in [6.07, 6.45) is 80.5. The van der Waals surface area contributed by atoms with E-state index < -0.39 is 18.4 Å². The summed E-state index contributed by atoms with van der Waals surface area (Å²) in [5.41, 5.74) is 0. The Morgan fingerprint density at radius 2 is 0.695 bits per heavy atom. The molecule has 0 aromatic heterocycles. The molecule has 0 fully saturated rings. The summed E-state index contributed by atoms with van der Waals surface area (Å²) in [6.45, 7) is 4.82. The van der Waals surface area contributed by atoms with Crippen molar-refractivity contribution in [1.82, 2.24) is 0 Å². The number of hydrogen-bond donors (Lipinski definition) is 1. The molecule has 2 atom stereocenters. The Kier molecular flexibility index (Phi) is 61.6. The fourth-order valence-electron chi connectivity index (χ4n) is 10.2. The van der Waals surface area contributed by atoms with Gasteiger partial charge in [0.1, 0.15) is 13.2 Å². The second kappa shape index (κ2) is 64.0. The normalized spacial score (nSPS) is 13.0. The van der Waals surface area contributed by atoms with Crippen LogP contribution in [0.1, 0.15) is 328 Å². The van der Waals surface area contributed by atoms with Gasteiger partial charge in [0.05, 0.1) is 34.4 Å². The van der Waals surface area contributed by atoms with E-state index in [1.165, 1.54) is 231 Å². The standard InChI is InChI=1S/C73H133NO8/c1-6-8-10-12-14-16-18-20-22-24-26-28-29-30-31-32-33-34-35-36-37-38-39-40-41-42-43-44-46-48-50-52-54-56-58-60-62-64-71(76)82-69(68-81-73(72(77)78)79-66-65-74(3,4)5)67-80-70(75)63-61-59-57-55-53-51-49-47-45-27-25-23-21-19-17-15-13-11-9-7-2/h8,10,14,16,20,22,26,28,30-31,69,73H,6-7,9,11-13,15,17-19,21,23-25,27,29,32-68H2,1-5H3/p+1/b10-8-,16-14-,22-20-,28-26-,31-30-. The molecule has 82 heavy (non-hydrogen) atoms. The van der Waals surface area contributed by atoms with Gasteiger partial charge in [-0.3, -0.25) is 9.59 Å². The summed E-state index contributed by atoms with van der Waals surface area (Å²) in [5.74, 6) is -1.98. The van der Waals surface area contributed by atoms with Crippen LogP contribution in [0.15, 0.2) is 60.8 Å². The van der Waals surface area contributed by atoms with E-state index in [-0.39, 0.29) is 38.2 Å². The van der Waals surface area contributed by atoms with E-state index in [4.69, 9.17) is 18.9 Å². The molecule has 0 saturated carbocycles. The number of carbonyl (C=O) groups is 3. The van der Waals surface area contributed by atoms with E-state index in [0.717, 1.165) is 70.6 Å². The van der Waals surface area contributed by atoms with Gasteiger partial charge in [-0.2, -0.15) is 0 Å². The maximum atomic E-state index is 12.9. The molecule has 0 spiro atoms. The van der Waals surface area contributed by atoms with E-state index in [1.54, 1.807) is 0 Å². The molecular weight excluding hydrogens is 1020 g/mol. The molecule has 0 aliphatic carbocycles. The van der Waals surface area contributed by atoms with Crippen molar-refractivity contribution in [3.8, 4) is 0 Å². The number of carboxylic acid groups (broad SMARTS) is 1. The van der Waals surface area contributed by atoms with Gasteiger partial charge in [0.15, 0.2) is 6.10 Å². The molecule has 0 aliphatic heterocycles. The number of carboxylic acids is 1. The number of allylic oxidation sites excluding steroid dienone is 10. The van der Waals surface area contributed by atoms with Gasteiger partial charge in [-0.25, -0.2) is 4.79 Å². The average molecular weight is 1150 g/mol. The lowest BCUT2D eigenvalue weighted by Crippen LogP contribution is -2.40. The number of hydrogen-bond acceptors (Lipinski definition) is 7. The first-order valence-corrected chi connectivity index (χ1v) is 35.0. The molecule has 0 rings (SSSR count). The first kappa shape index (κ1) is 79.0. The molecule has 1 N–H and O–H groups in total. The van der Waals surface area contributed by atoms with E-state index in [0.29, 0.717) is 17.4 Å². The minimum Gasteiger partial charge on any atom is -0.477 e. The summed E-state index contributed by atoms with van der Waals surface area (Å²) in [4.78, 5) is 37.6. The zero-order valence-electron chi connectivity index (χ0n) is 54.7. The van der Waals surface area contributed by atoms with Gasteiger partial charge < -0.3 is 28.5 Å². The van der Waals surface area contributed by atoms with Crippen LogP contribution in [-0.4, -0.2) is 87.4 Å². The van der Waals surface area contributed by atoms with Crippen molar-refractivity contribution in [2.24, 2.45) is 0 Å². The molecule has 0 bridgehead atoms. The number of unbranched alkanes of at least 4 members (excludes halogenated alkanes) is 40. The highest BCUT2D eigenvalue weighted by molar-refractivity contribution is 5.71. The minimum atomic E-state index is -1.51. The van der Waals surface area contributed by atoms with E-state index in [9.17, 15) is 19.5 Å². The zero-order valence-corrected chi connectivity index (χ0v) is 54.7. The lowest BCUT2D eigenvalue weighted by Gasteiger charge is -2.25. The molecule has 0 radical (unpaired) electrons. The number of aliphatic carboxylic acids is 1. The van der Waals surface area contributed by atoms with E-state index in [2.05, 4.69) is 74.6 Å². The lowest BCUT2D eigenvalue weighted by atomic mass is 10.0. The third kappa shape index (κ3) is 64.5. The maximum Gasteiger partial charge on any atom is 0.361 e. The second-order valence-electron chi connectivity index (χ2n) is 24.8. The molecule has 0 aromatic carbocycles. The molecule has 0 aromatic rings. The summed E-state index contributed by atoms with van der Waals surface area (Å²) < 4.78 is 23.0. The van der Waals surface area contributed by atoms with Crippen LogP contribution in [0, 0.1) is 0 Å². The number of quaternary nitrogens is 1. The fraction of sp³-hybridized carbons (Fsp3) is 0.822. The molecule has 0 saturated heterocycles. The fourth-order valence-corrected chi connectivity index (χ4v) is 10.2. The second-order valence-corrected chi connectivity index (χ2v) is 24.8. The topological polar surface area (TPSA) is 108 Å². The predicted octanol–water partition coefficient (Wildman–Crippen LogP) is 21.5. The Morgan fingerprint density at radius 1 is 0.378 bits per heavy atom. The first-order valence-electron chi connectivity index (χ1n) is 35.0. The molecule has 478 valence electrons. The summed E-state index contributed by atoms with van der Waals surface area (Å²) in [7, 11) is 5.99. The van der Waals surface area contributed by atoms with Gasteiger partial charge in [0.25, 0.3) is 6.29 Å². The third-order valence-electron chi connectivity index (χ3n) is 15.5. The number of ether oxygens (including phenoxy) is 4. The van der Waals surface area contributed by atoms with Crippen LogP contribution in [-0.2, 0) is 33.3 Å². The quantitative estimate of drug-likeness (QED) is 0.0211. The van der Waals surface area contributed by atoms with Gasteiger partial charge >= 0.3 is 17.9 Å². The van der Waals surface area contributed by atoms with Crippen molar-refractivity contribution in [3.05, 3.63) is 60.8 Å². The highest BCUT2D eigenvalue weighted by Gasteiger charge is 2.25. The van der Waals surface area contributed by atoms with Crippen molar-refractivity contribution >= 4 is 17.9 Å². The molecular formula is C73H134NO8+. The SMILES string of the molecule is CC/C=C\C/C=C\C/C=C\C/C=C\C/C=C\CCCCCCCCCCCCCCCCCCCCCCCC(=O)OC(COC(=O)CCCCCCCCCCCCCCCCCCCCCC)COC(OCC[N+](C)(C)C)C(=O)O. The number of carbonyl (C=O) groups excluding carboxylic acids is 2. The van der Waals surface area contributed by atoms with Gasteiger partial charge in [-0.1, -0.05) is 319 Å². The number of nitrogens with zero attached hydrogens (tertiary/aromatic N) is 1. The average Bonchev–Trinajstić information content (AvgIpc) is 3.47. The highest BCUT2D eigenvalue weighted by atomic mass is 16.7. The Bertz CT molecular complexity index is 1530. The van der Waals surface area contributed by atoms with Gasteiger partial charge in [0.2, 0.25) is 0 Å². The molecule has 0 heterocycles. The maximum absolute atomic E-state index is 12.9. The van der Waals surface area contributed by atoms with Crippen molar-refractivity contribution in [2.45, 2.75) is 341 Å². The first-order chi connectivity index (χ1) is 40.1. The van der Waals surface area contributed by atoms with Crippen molar-refractivity contribution in [3.63, 3.8) is 0 Å². The van der Waals surface area contributed by atoms with Gasteiger partial charge in [-0.15, -0.1) is 0 Å². The molecule has 9 heteroatoms. The molecule has 2 unspecified atom stereocenters. The van der Waals surface area contributed by atoms with Crippen LogP contribution >= 0.6 is 0 Å². The van der Waals surface area contributed by atoms with Crippen molar-refractivity contribution < 1.29 is 42.9 Å². The van der Waals surface area contributed by atoms with Crippen LogP contribution in [0.3, 0.4) is 0 Å². The lowest BCUT2D eigenvalue weighted by molar-refractivity contribution is -0.870. The van der Waals surface area contributed by atoms with Crippen LogP contribution < -0.4 is 0 Å². The summed E-state index contributed by atoms with van der Waals surface area (Å²) in [5, 5.41) is 9.74. The van der Waals surface area contributed by atoms with E-state index in [1.807, 2.05) is 21.1 Å². The Hall–Kier alpha value is -3.01. The number of esters is 2.